The van der Waals surface area contributed by atoms with E-state index in [1.807, 2.05) is 42.2 Å². The van der Waals surface area contributed by atoms with Gasteiger partial charge in [0.05, 0.1) is 6.04 Å². The first-order chi connectivity index (χ1) is 16.1. The number of amides is 2. The number of benzene rings is 2. The van der Waals surface area contributed by atoms with E-state index in [0.717, 1.165) is 17.5 Å². The second-order valence-corrected chi connectivity index (χ2v) is 7.78. The van der Waals surface area contributed by atoms with Crippen LogP contribution in [0.1, 0.15) is 52.5 Å². The van der Waals surface area contributed by atoms with E-state index in [4.69, 9.17) is 9.15 Å². The molecule has 7 nitrogen and oxygen atoms in total. The average Bonchev–Trinajstić information content (AvgIpc) is 3.34. The van der Waals surface area contributed by atoms with Crippen molar-refractivity contribution >= 4 is 11.8 Å². The molecule has 33 heavy (non-hydrogen) atoms. The van der Waals surface area contributed by atoms with Crippen molar-refractivity contribution in [2.75, 3.05) is 13.1 Å². The number of fused-ring (bicyclic) bond motifs is 1. The molecule has 170 valence electrons. The Morgan fingerprint density at radius 2 is 2.09 bits per heavy atom. The zero-order valence-corrected chi connectivity index (χ0v) is 18.6. The van der Waals surface area contributed by atoms with Crippen molar-refractivity contribution in [2.24, 2.45) is 0 Å². The Bertz CT molecular complexity index is 1140. The lowest BCUT2D eigenvalue weighted by atomic mass is 9.87. The van der Waals surface area contributed by atoms with Crippen LogP contribution in [-0.4, -0.2) is 34.8 Å². The van der Waals surface area contributed by atoms with Gasteiger partial charge in [-0.05, 0) is 35.2 Å². The van der Waals surface area contributed by atoms with Crippen LogP contribution in [0.5, 0.6) is 5.75 Å². The topological polar surface area (TPSA) is 84.7 Å². The van der Waals surface area contributed by atoms with E-state index in [1.54, 1.807) is 6.08 Å². The molecule has 2 heterocycles. The molecule has 0 saturated heterocycles. The molecule has 0 aliphatic carbocycles. The summed E-state index contributed by atoms with van der Waals surface area (Å²) in [6.45, 7) is 6.58. The predicted molar refractivity (Wildman–Crippen MR) is 124 cm³/mol. The molecule has 0 radical (unpaired) electrons. The zero-order chi connectivity index (χ0) is 23.2. The largest absolute Gasteiger partial charge is 0.484 e. The molecule has 1 unspecified atom stereocenters. The maximum Gasteiger partial charge on any atom is 0.273 e. The van der Waals surface area contributed by atoms with Gasteiger partial charge < -0.3 is 19.4 Å². The van der Waals surface area contributed by atoms with Gasteiger partial charge in [0.2, 0.25) is 11.8 Å². The fourth-order valence-electron chi connectivity index (χ4n) is 4.03. The number of carbonyl (C=O) groups is 2. The molecule has 0 spiro atoms. The SMILES string of the molecule is C=CCNC(=O)c1coc(COc2ccc3c(c2)C(c2ccccc2)N(C(=O)CC)CC3)n1. The summed E-state index contributed by atoms with van der Waals surface area (Å²) in [7, 11) is 0. The van der Waals surface area contributed by atoms with Gasteiger partial charge in [0, 0.05) is 19.5 Å². The van der Waals surface area contributed by atoms with E-state index in [1.165, 1.54) is 11.8 Å². The molecule has 0 fully saturated rings. The Morgan fingerprint density at radius 3 is 2.85 bits per heavy atom. The number of hydrogen-bond donors (Lipinski definition) is 1. The molecule has 1 atom stereocenters. The number of aromatic nitrogens is 1. The van der Waals surface area contributed by atoms with Crippen LogP contribution < -0.4 is 10.1 Å². The van der Waals surface area contributed by atoms with E-state index < -0.39 is 0 Å². The Balaban J connectivity index is 1.55. The van der Waals surface area contributed by atoms with Crippen molar-refractivity contribution in [3.63, 3.8) is 0 Å². The second-order valence-electron chi connectivity index (χ2n) is 7.78. The summed E-state index contributed by atoms with van der Waals surface area (Å²) in [6, 6.07) is 15.9. The smallest absolute Gasteiger partial charge is 0.273 e. The predicted octanol–water partition coefficient (Wildman–Crippen LogP) is 4.05. The van der Waals surface area contributed by atoms with Crippen LogP contribution in [0.15, 0.2) is 71.9 Å². The molecule has 4 rings (SSSR count). The van der Waals surface area contributed by atoms with Gasteiger partial charge >= 0.3 is 0 Å². The molecule has 7 heteroatoms. The van der Waals surface area contributed by atoms with Crippen LogP contribution in [0.2, 0.25) is 0 Å². The van der Waals surface area contributed by atoms with Gasteiger partial charge in [-0.15, -0.1) is 6.58 Å². The van der Waals surface area contributed by atoms with E-state index in [2.05, 4.69) is 35.1 Å². The average molecular weight is 446 g/mol. The van der Waals surface area contributed by atoms with E-state index >= 15 is 0 Å². The third kappa shape index (κ3) is 4.98. The van der Waals surface area contributed by atoms with Gasteiger partial charge in [-0.25, -0.2) is 4.98 Å². The van der Waals surface area contributed by atoms with Crippen molar-refractivity contribution in [3.05, 3.63) is 95.7 Å². The monoisotopic (exact) mass is 445 g/mol. The third-order valence-corrected chi connectivity index (χ3v) is 5.64. The molecule has 3 aromatic rings. The Morgan fingerprint density at radius 1 is 1.27 bits per heavy atom. The number of oxazole rings is 1. The minimum absolute atomic E-state index is 0.0845. The normalized spacial score (nSPS) is 14.9. The van der Waals surface area contributed by atoms with Gasteiger partial charge in [-0.1, -0.05) is 49.4 Å². The Labute approximate surface area is 193 Å². The Kier molecular flexibility index (Phi) is 6.88. The lowest BCUT2D eigenvalue weighted by Crippen LogP contribution is -2.40. The molecule has 1 aromatic heterocycles. The molecular weight excluding hydrogens is 418 g/mol. The Hall–Kier alpha value is -3.87. The van der Waals surface area contributed by atoms with Crippen LogP contribution in [0, 0.1) is 0 Å². The van der Waals surface area contributed by atoms with E-state index in [9.17, 15) is 9.59 Å². The summed E-state index contributed by atoms with van der Waals surface area (Å²) in [5.74, 6) is 0.753. The van der Waals surface area contributed by atoms with Crippen molar-refractivity contribution < 1.29 is 18.7 Å². The number of carbonyl (C=O) groups excluding carboxylic acids is 2. The fraction of sp³-hybridized carbons (Fsp3) is 0.269. The summed E-state index contributed by atoms with van der Waals surface area (Å²) in [6.07, 6.45) is 4.16. The summed E-state index contributed by atoms with van der Waals surface area (Å²) < 4.78 is 11.3. The van der Waals surface area contributed by atoms with Gasteiger partial charge in [0.1, 0.15) is 12.0 Å². The minimum Gasteiger partial charge on any atom is -0.484 e. The highest BCUT2D eigenvalue weighted by Gasteiger charge is 2.31. The van der Waals surface area contributed by atoms with Crippen LogP contribution in [0.3, 0.4) is 0 Å². The number of nitrogens with one attached hydrogen (secondary N) is 1. The van der Waals surface area contributed by atoms with Crippen molar-refractivity contribution in [1.29, 1.82) is 0 Å². The first kappa shape index (κ1) is 22.3. The van der Waals surface area contributed by atoms with Gasteiger partial charge in [-0.3, -0.25) is 9.59 Å². The van der Waals surface area contributed by atoms with Gasteiger partial charge in [0.15, 0.2) is 12.3 Å². The van der Waals surface area contributed by atoms with Crippen molar-refractivity contribution in [1.82, 2.24) is 15.2 Å². The highest BCUT2D eigenvalue weighted by atomic mass is 16.5. The molecule has 1 aliphatic rings. The minimum atomic E-state index is -0.329. The van der Waals surface area contributed by atoms with Gasteiger partial charge in [0.25, 0.3) is 5.91 Å². The first-order valence-corrected chi connectivity index (χ1v) is 11.0. The summed E-state index contributed by atoms with van der Waals surface area (Å²) in [5, 5.41) is 2.66. The third-order valence-electron chi connectivity index (χ3n) is 5.64. The zero-order valence-electron chi connectivity index (χ0n) is 18.6. The van der Waals surface area contributed by atoms with E-state index in [0.29, 0.717) is 31.2 Å². The summed E-state index contributed by atoms with van der Waals surface area (Å²) in [5.41, 5.74) is 3.52. The standard InChI is InChI=1S/C26H27N3O4/c1-3-13-27-26(31)22-16-33-23(28-22)17-32-20-11-10-18-12-14-29(24(30)4-2)25(21(18)15-20)19-8-6-5-7-9-19/h3,5-11,15-16,25H,1,4,12-14,17H2,2H3,(H,27,31). The highest BCUT2D eigenvalue weighted by Crippen LogP contribution is 2.37. The maximum atomic E-state index is 12.7. The highest BCUT2D eigenvalue weighted by molar-refractivity contribution is 5.91. The van der Waals surface area contributed by atoms with Crippen LogP contribution in [-0.2, 0) is 17.8 Å². The fourth-order valence-corrected chi connectivity index (χ4v) is 4.03. The van der Waals surface area contributed by atoms with Gasteiger partial charge in [-0.2, -0.15) is 0 Å². The van der Waals surface area contributed by atoms with Crippen LogP contribution in [0.25, 0.3) is 0 Å². The number of nitrogens with zero attached hydrogens (tertiary/aromatic N) is 2. The van der Waals surface area contributed by atoms with Crippen LogP contribution in [0.4, 0.5) is 0 Å². The molecule has 1 aliphatic heterocycles. The molecule has 1 N–H and O–H groups in total. The lowest BCUT2D eigenvalue weighted by Gasteiger charge is -2.38. The molecule has 2 aromatic carbocycles. The molecule has 2 amide bonds. The van der Waals surface area contributed by atoms with Crippen LogP contribution >= 0.6 is 0 Å². The quantitative estimate of drug-likeness (QED) is 0.529. The number of hydrogen-bond acceptors (Lipinski definition) is 5. The maximum absolute atomic E-state index is 12.7. The first-order valence-electron chi connectivity index (χ1n) is 11.0. The second kappa shape index (κ2) is 10.2. The molecule has 0 bridgehead atoms. The molecule has 0 saturated carbocycles. The van der Waals surface area contributed by atoms with Crippen molar-refractivity contribution in [2.45, 2.75) is 32.4 Å². The number of ether oxygens (including phenoxy) is 1. The van der Waals surface area contributed by atoms with E-state index in [-0.39, 0.29) is 30.2 Å². The van der Waals surface area contributed by atoms with Crippen molar-refractivity contribution in [3.8, 4) is 5.75 Å². The summed E-state index contributed by atoms with van der Waals surface area (Å²) >= 11 is 0. The number of rotatable bonds is 8. The summed E-state index contributed by atoms with van der Waals surface area (Å²) in [4.78, 5) is 30.8. The lowest BCUT2D eigenvalue weighted by molar-refractivity contribution is -0.132. The molecular formula is C26H27N3O4.